The second-order valence-electron chi connectivity index (χ2n) is 5.60. The van der Waals surface area contributed by atoms with Crippen molar-refractivity contribution in [1.82, 2.24) is 0 Å². The highest BCUT2D eigenvalue weighted by molar-refractivity contribution is 6.34. The van der Waals surface area contributed by atoms with Crippen LogP contribution < -0.4 is 14.8 Å². The van der Waals surface area contributed by atoms with Crippen molar-refractivity contribution in [3.8, 4) is 11.5 Å². The summed E-state index contributed by atoms with van der Waals surface area (Å²) in [4.78, 5) is 11.9. The van der Waals surface area contributed by atoms with E-state index in [1.807, 2.05) is 0 Å². The lowest BCUT2D eigenvalue weighted by molar-refractivity contribution is -0.117. The Morgan fingerprint density at radius 1 is 1.32 bits per heavy atom. The Balaban J connectivity index is 1.92. The number of ether oxygens (including phenoxy) is 3. The summed E-state index contributed by atoms with van der Waals surface area (Å²) in [5.41, 5.74) is 0.528. The number of hydrogen-bond donors (Lipinski definition) is 1. The molecule has 1 heterocycles. The third-order valence-electron chi connectivity index (χ3n) is 3.04. The van der Waals surface area contributed by atoms with E-state index in [0.29, 0.717) is 54.6 Å². The fourth-order valence-corrected chi connectivity index (χ4v) is 2.18. The van der Waals surface area contributed by atoms with E-state index in [1.165, 1.54) is 0 Å². The van der Waals surface area contributed by atoms with Gasteiger partial charge in [0.25, 0.3) is 0 Å². The van der Waals surface area contributed by atoms with Gasteiger partial charge in [-0.1, -0.05) is 25.4 Å². The number of fused-ring (bicyclic) bond motifs is 1. The molecule has 1 amide bonds. The fourth-order valence-electron chi connectivity index (χ4n) is 1.98. The van der Waals surface area contributed by atoms with Crippen molar-refractivity contribution in [3.05, 3.63) is 17.2 Å². The van der Waals surface area contributed by atoms with Crippen LogP contribution in [-0.2, 0) is 9.53 Å². The van der Waals surface area contributed by atoms with Gasteiger partial charge in [0.2, 0.25) is 5.91 Å². The minimum Gasteiger partial charge on any atom is -0.490 e. The van der Waals surface area contributed by atoms with Crippen molar-refractivity contribution in [1.29, 1.82) is 0 Å². The highest BCUT2D eigenvalue weighted by Gasteiger charge is 2.15. The molecule has 122 valence electrons. The smallest absolute Gasteiger partial charge is 0.226 e. The summed E-state index contributed by atoms with van der Waals surface area (Å²) in [6, 6.07) is 3.38. The minimum atomic E-state index is -0.139. The molecular formula is C16H22ClNO4. The molecular weight excluding hydrogens is 306 g/mol. The summed E-state index contributed by atoms with van der Waals surface area (Å²) < 4.78 is 16.5. The number of rotatable bonds is 6. The normalized spacial score (nSPS) is 13.8. The first-order valence-corrected chi connectivity index (χ1v) is 7.91. The van der Waals surface area contributed by atoms with Crippen LogP contribution in [0.15, 0.2) is 12.1 Å². The lowest BCUT2D eigenvalue weighted by Crippen LogP contribution is -2.15. The van der Waals surface area contributed by atoms with Crippen LogP contribution in [0.2, 0.25) is 5.02 Å². The van der Waals surface area contributed by atoms with Crippen molar-refractivity contribution in [3.63, 3.8) is 0 Å². The predicted molar refractivity (Wildman–Crippen MR) is 86.0 cm³/mol. The highest BCUT2D eigenvalue weighted by Crippen LogP contribution is 2.37. The van der Waals surface area contributed by atoms with Gasteiger partial charge in [0.05, 0.1) is 37.0 Å². The monoisotopic (exact) mass is 327 g/mol. The average Bonchev–Trinajstić information content (AvgIpc) is 2.69. The topological polar surface area (TPSA) is 56.8 Å². The second-order valence-corrected chi connectivity index (χ2v) is 6.00. The Kier molecular flexibility index (Phi) is 6.34. The van der Waals surface area contributed by atoms with Gasteiger partial charge in [-0.2, -0.15) is 0 Å². The maximum atomic E-state index is 11.9. The van der Waals surface area contributed by atoms with Crippen LogP contribution in [0.1, 0.15) is 26.7 Å². The van der Waals surface area contributed by atoms with Crippen LogP contribution in [0.25, 0.3) is 0 Å². The maximum absolute atomic E-state index is 11.9. The average molecular weight is 328 g/mol. The molecule has 6 heteroatoms. The van der Waals surface area contributed by atoms with Gasteiger partial charge in [-0.3, -0.25) is 4.79 Å². The quantitative estimate of drug-likeness (QED) is 0.812. The van der Waals surface area contributed by atoms with E-state index in [1.54, 1.807) is 12.1 Å². The first-order chi connectivity index (χ1) is 10.6. The Labute approximate surface area is 135 Å². The van der Waals surface area contributed by atoms with Gasteiger partial charge in [0, 0.05) is 25.2 Å². The highest BCUT2D eigenvalue weighted by atomic mass is 35.5. The molecule has 22 heavy (non-hydrogen) atoms. The number of hydrogen-bond acceptors (Lipinski definition) is 4. The number of nitrogens with one attached hydrogen (secondary N) is 1. The van der Waals surface area contributed by atoms with E-state index < -0.39 is 0 Å². The third kappa shape index (κ3) is 5.07. The molecule has 0 fully saturated rings. The van der Waals surface area contributed by atoms with Gasteiger partial charge in [-0.05, 0) is 5.92 Å². The van der Waals surface area contributed by atoms with Gasteiger partial charge in [0.15, 0.2) is 11.5 Å². The van der Waals surface area contributed by atoms with Gasteiger partial charge >= 0.3 is 0 Å². The molecule has 1 aliphatic rings. The summed E-state index contributed by atoms with van der Waals surface area (Å²) in [6.07, 6.45) is 1.11. The molecule has 0 unspecified atom stereocenters. The molecule has 0 bridgehead atoms. The molecule has 0 aliphatic carbocycles. The summed E-state index contributed by atoms with van der Waals surface area (Å²) >= 11 is 6.18. The molecule has 2 rings (SSSR count). The van der Waals surface area contributed by atoms with E-state index >= 15 is 0 Å². The zero-order valence-corrected chi connectivity index (χ0v) is 13.7. The van der Waals surface area contributed by atoms with Crippen LogP contribution in [0.5, 0.6) is 11.5 Å². The number of halogens is 1. The van der Waals surface area contributed by atoms with E-state index in [9.17, 15) is 4.79 Å². The molecule has 0 atom stereocenters. The summed E-state index contributed by atoms with van der Waals surface area (Å²) in [5, 5.41) is 3.21. The zero-order chi connectivity index (χ0) is 15.9. The lowest BCUT2D eigenvalue weighted by Gasteiger charge is -2.12. The largest absolute Gasteiger partial charge is 0.490 e. The number of amides is 1. The second kappa shape index (κ2) is 8.25. The first-order valence-electron chi connectivity index (χ1n) is 7.53. The molecule has 0 spiro atoms. The van der Waals surface area contributed by atoms with Crippen molar-refractivity contribution in [2.75, 3.05) is 31.7 Å². The summed E-state index contributed by atoms with van der Waals surface area (Å²) in [7, 11) is 0. The predicted octanol–water partition coefficient (Wildman–Crippen LogP) is 3.50. The van der Waals surface area contributed by atoms with Crippen LogP contribution in [0.4, 0.5) is 5.69 Å². The van der Waals surface area contributed by atoms with E-state index in [-0.39, 0.29) is 12.3 Å². The molecule has 0 saturated heterocycles. The Morgan fingerprint density at radius 2 is 2.00 bits per heavy atom. The van der Waals surface area contributed by atoms with E-state index in [0.717, 1.165) is 6.42 Å². The van der Waals surface area contributed by atoms with Crippen LogP contribution in [0, 0.1) is 5.92 Å². The molecule has 1 aromatic rings. The summed E-state index contributed by atoms with van der Waals surface area (Å²) in [6.45, 7) is 6.37. The van der Waals surface area contributed by atoms with E-state index in [2.05, 4.69) is 19.2 Å². The van der Waals surface area contributed by atoms with Gasteiger partial charge in [-0.15, -0.1) is 0 Å². The van der Waals surface area contributed by atoms with Crippen LogP contribution in [-0.4, -0.2) is 32.3 Å². The van der Waals surface area contributed by atoms with Crippen molar-refractivity contribution in [2.24, 2.45) is 5.92 Å². The lowest BCUT2D eigenvalue weighted by atomic mass is 10.2. The molecule has 1 N–H and O–H groups in total. The molecule has 0 aromatic heterocycles. The molecule has 5 nitrogen and oxygen atoms in total. The van der Waals surface area contributed by atoms with Gasteiger partial charge < -0.3 is 19.5 Å². The fraction of sp³-hybridized carbons (Fsp3) is 0.562. The minimum absolute atomic E-state index is 0.139. The molecule has 0 radical (unpaired) electrons. The SMILES string of the molecule is CC(C)COCCC(=O)Nc1cc2c(cc1Cl)OCCCO2. The van der Waals surface area contributed by atoms with Crippen LogP contribution in [0.3, 0.4) is 0 Å². The third-order valence-corrected chi connectivity index (χ3v) is 3.35. The van der Waals surface area contributed by atoms with Crippen LogP contribution >= 0.6 is 11.6 Å². The first kappa shape index (κ1) is 16.9. The number of anilines is 1. The molecule has 1 aliphatic heterocycles. The summed E-state index contributed by atoms with van der Waals surface area (Å²) in [5.74, 6) is 1.54. The van der Waals surface area contributed by atoms with Crippen molar-refractivity contribution >= 4 is 23.2 Å². The number of carbonyl (C=O) groups excluding carboxylic acids is 1. The standard InChI is InChI=1S/C16H22ClNO4/c1-11(2)10-20-7-4-16(19)18-13-9-15-14(8-12(13)17)21-5-3-6-22-15/h8-9,11H,3-7,10H2,1-2H3,(H,18,19). The van der Waals surface area contributed by atoms with Gasteiger partial charge in [0.1, 0.15) is 0 Å². The zero-order valence-electron chi connectivity index (χ0n) is 13.0. The molecule has 0 saturated carbocycles. The Hall–Kier alpha value is -1.46. The van der Waals surface area contributed by atoms with Crippen molar-refractivity contribution in [2.45, 2.75) is 26.7 Å². The maximum Gasteiger partial charge on any atom is 0.226 e. The molecule has 1 aromatic carbocycles. The van der Waals surface area contributed by atoms with E-state index in [4.69, 9.17) is 25.8 Å². The van der Waals surface area contributed by atoms with Crippen molar-refractivity contribution < 1.29 is 19.0 Å². The Morgan fingerprint density at radius 3 is 2.68 bits per heavy atom. The van der Waals surface area contributed by atoms with Gasteiger partial charge in [-0.25, -0.2) is 0 Å². The number of benzene rings is 1. The number of carbonyl (C=O) groups is 1. The Bertz CT molecular complexity index is 519.